The minimum absolute atomic E-state index is 0.179. The van der Waals surface area contributed by atoms with Crippen molar-refractivity contribution in [2.45, 2.75) is 13.8 Å². The summed E-state index contributed by atoms with van der Waals surface area (Å²) in [7, 11) is 0. The third kappa shape index (κ3) is 2.78. The van der Waals surface area contributed by atoms with E-state index in [-0.39, 0.29) is 5.56 Å². The molecular formula is C18H14N4O2S. The molecule has 25 heavy (non-hydrogen) atoms. The summed E-state index contributed by atoms with van der Waals surface area (Å²) >= 11 is 1.54. The largest absolute Gasteiger partial charge is 0.437 e. The second-order valence-corrected chi connectivity index (χ2v) is 6.49. The van der Waals surface area contributed by atoms with E-state index >= 15 is 0 Å². The number of nitrogens with one attached hydrogen (secondary N) is 1. The Morgan fingerprint density at radius 3 is 2.68 bits per heavy atom. The Labute approximate surface area is 147 Å². The number of fused-ring (bicyclic) bond motifs is 1. The van der Waals surface area contributed by atoms with Crippen molar-refractivity contribution in [1.29, 1.82) is 0 Å². The van der Waals surface area contributed by atoms with Gasteiger partial charge in [0, 0.05) is 11.1 Å². The third-order valence-electron chi connectivity index (χ3n) is 3.97. The molecule has 6 nitrogen and oxygen atoms in total. The number of ether oxygens (including phenoxy) is 1. The molecule has 0 saturated carbocycles. The molecule has 4 aromatic rings. The van der Waals surface area contributed by atoms with Crippen LogP contribution in [0.4, 0.5) is 0 Å². The summed E-state index contributed by atoms with van der Waals surface area (Å²) in [6.45, 7) is 3.67. The highest BCUT2D eigenvalue weighted by molar-refractivity contribution is 7.17. The van der Waals surface area contributed by atoms with E-state index in [4.69, 9.17) is 4.74 Å². The van der Waals surface area contributed by atoms with Gasteiger partial charge in [-0.1, -0.05) is 12.1 Å². The lowest BCUT2D eigenvalue weighted by Gasteiger charge is -2.09. The number of thiophene rings is 1. The number of hydrogen-bond donors (Lipinski definition) is 1. The summed E-state index contributed by atoms with van der Waals surface area (Å²) in [6, 6.07) is 9.48. The summed E-state index contributed by atoms with van der Waals surface area (Å²) in [4.78, 5) is 20.2. The predicted molar refractivity (Wildman–Crippen MR) is 97.3 cm³/mol. The Hall–Kier alpha value is -3.06. The molecule has 0 saturated heterocycles. The van der Waals surface area contributed by atoms with Crippen LogP contribution in [-0.2, 0) is 0 Å². The minimum atomic E-state index is -0.179. The molecule has 0 aliphatic carbocycles. The van der Waals surface area contributed by atoms with E-state index < -0.39 is 0 Å². The summed E-state index contributed by atoms with van der Waals surface area (Å²) in [5.41, 5.74) is 3.89. The van der Waals surface area contributed by atoms with E-state index in [2.05, 4.69) is 20.2 Å². The molecule has 0 spiro atoms. The Kier molecular flexibility index (Phi) is 3.77. The predicted octanol–water partition coefficient (Wildman–Crippen LogP) is 3.85. The Morgan fingerprint density at radius 1 is 1.08 bits per heavy atom. The SMILES string of the molecule is Cc1n[nH]c(=O)c(C)c1-c1ccc(Oc2ncnc3ccsc23)cc1. The highest BCUT2D eigenvalue weighted by atomic mass is 32.1. The molecule has 4 rings (SSSR count). The molecule has 3 aromatic heterocycles. The molecule has 0 radical (unpaired) electrons. The van der Waals surface area contributed by atoms with Gasteiger partial charge < -0.3 is 4.74 Å². The Balaban J connectivity index is 1.68. The summed E-state index contributed by atoms with van der Waals surface area (Å²) in [5.74, 6) is 1.21. The number of rotatable bonds is 3. The van der Waals surface area contributed by atoms with E-state index in [1.807, 2.05) is 42.6 Å². The first-order chi connectivity index (χ1) is 12.1. The number of aryl methyl sites for hydroxylation is 1. The van der Waals surface area contributed by atoms with Crippen molar-refractivity contribution < 1.29 is 4.74 Å². The van der Waals surface area contributed by atoms with Crippen LogP contribution in [-0.4, -0.2) is 20.2 Å². The van der Waals surface area contributed by atoms with Crippen molar-refractivity contribution in [2.75, 3.05) is 0 Å². The Bertz CT molecular complexity index is 1120. The van der Waals surface area contributed by atoms with E-state index in [9.17, 15) is 4.79 Å². The van der Waals surface area contributed by atoms with Crippen LogP contribution in [0.2, 0.25) is 0 Å². The maximum absolute atomic E-state index is 11.8. The van der Waals surface area contributed by atoms with Gasteiger partial charge in [-0.2, -0.15) is 5.10 Å². The molecule has 0 atom stereocenters. The number of nitrogens with zero attached hydrogens (tertiary/aromatic N) is 3. The van der Waals surface area contributed by atoms with Crippen molar-refractivity contribution >= 4 is 21.6 Å². The van der Waals surface area contributed by atoms with Gasteiger partial charge in [0.1, 0.15) is 16.8 Å². The van der Waals surface area contributed by atoms with Crippen LogP contribution in [0.1, 0.15) is 11.3 Å². The number of aromatic nitrogens is 4. The molecule has 0 amide bonds. The number of aromatic amines is 1. The summed E-state index contributed by atoms with van der Waals surface area (Å²) < 4.78 is 6.81. The number of H-pyrrole nitrogens is 1. The first-order valence-corrected chi connectivity index (χ1v) is 8.54. The van der Waals surface area contributed by atoms with Crippen LogP contribution in [0, 0.1) is 13.8 Å². The zero-order valence-electron chi connectivity index (χ0n) is 13.6. The zero-order valence-corrected chi connectivity index (χ0v) is 14.4. The third-order valence-corrected chi connectivity index (χ3v) is 4.86. The van der Waals surface area contributed by atoms with E-state index in [1.54, 1.807) is 18.3 Å². The van der Waals surface area contributed by atoms with E-state index in [0.717, 1.165) is 27.0 Å². The van der Waals surface area contributed by atoms with Gasteiger partial charge in [0.25, 0.3) is 5.56 Å². The molecule has 1 N–H and O–H groups in total. The quantitative estimate of drug-likeness (QED) is 0.607. The van der Waals surface area contributed by atoms with Crippen molar-refractivity contribution in [3.8, 4) is 22.8 Å². The summed E-state index contributed by atoms with van der Waals surface area (Å²) in [5, 5.41) is 8.50. The topological polar surface area (TPSA) is 80.8 Å². The molecule has 0 fully saturated rings. The lowest BCUT2D eigenvalue weighted by molar-refractivity contribution is 0.469. The fraction of sp³-hybridized carbons (Fsp3) is 0.111. The van der Waals surface area contributed by atoms with Crippen molar-refractivity contribution in [2.24, 2.45) is 0 Å². The molecule has 0 aliphatic rings. The van der Waals surface area contributed by atoms with Crippen LogP contribution in [0.15, 0.2) is 46.8 Å². The van der Waals surface area contributed by atoms with Crippen LogP contribution in [0.25, 0.3) is 21.3 Å². The lowest BCUT2D eigenvalue weighted by Crippen LogP contribution is -2.14. The minimum Gasteiger partial charge on any atom is -0.437 e. The fourth-order valence-corrected chi connectivity index (χ4v) is 3.49. The molecule has 0 bridgehead atoms. The first-order valence-electron chi connectivity index (χ1n) is 7.66. The maximum atomic E-state index is 11.8. The average molecular weight is 350 g/mol. The van der Waals surface area contributed by atoms with E-state index in [0.29, 0.717) is 17.2 Å². The normalized spacial score (nSPS) is 11.0. The summed E-state index contributed by atoms with van der Waals surface area (Å²) in [6.07, 6.45) is 1.49. The van der Waals surface area contributed by atoms with Gasteiger partial charge in [-0.15, -0.1) is 11.3 Å². The average Bonchev–Trinajstić information content (AvgIpc) is 3.10. The monoisotopic (exact) mass is 350 g/mol. The highest BCUT2D eigenvalue weighted by Gasteiger charge is 2.11. The molecule has 0 unspecified atom stereocenters. The molecule has 124 valence electrons. The smallest absolute Gasteiger partial charge is 0.267 e. The number of hydrogen-bond acceptors (Lipinski definition) is 6. The van der Waals surface area contributed by atoms with Crippen molar-refractivity contribution in [1.82, 2.24) is 20.2 Å². The fourth-order valence-electron chi connectivity index (χ4n) is 2.72. The van der Waals surface area contributed by atoms with Gasteiger partial charge in [0.15, 0.2) is 0 Å². The van der Waals surface area contributed by atoms with Crippen molar-refractivity contribution in [3.63, 3.8) is 0 Å². The van der Waals surface area contributed by atoms with Gasteiger partial charge in [-0.05, 0) is 43.0 Å². The maximum Gasteiger partial charge on any atom is 0.267 e. The zero-order chi connectivity index (χ0) is 17.4. The molecular weight excluding hydrogens is 336 g/mol. The van der Waals surface area contributed by atoms with Gasteiger partial charge in [-0.25, -0.2) is 15.1 Å². The Morgan fingerprint density at radius 2 is 1.88 bits per heavy atom. The highest BCUT2D eigenvalue weighted by Crippen LogP contribution is 2.32. The van der Waals surface area contributed by atoms with Crippen LogP contribution in [0.3, 0.4) is 0 Å². The number of benzene rings is 1. The van der Waals surface area contributed by atoms with Gasteiger partial charge in [-0.3, -0.25) is 4.79 Å². The lowest BCUT2D eigenvalue weighted by atomic mass is 10.0. The van der Waals surface area contributed by atoms with Gasteiger partial charge >= 0.3 is 0 Å². The van der Waals surface area contributed by atoms with Crippen LogP contribution >= 0.6 is 11.3 Å². The second-order valence-electron chi connectivity index (χ2n) is 5.58. The molecule has 0 aliphatic heterocycles. The van der Waals surface area contributed by atoms with Crippen molar-refractivity contribution in [3.05, 3.63) is 63.7 Å². The molecule has 7 heteroatoms. The molecule has 1 aromatic carbocycles. The second kappa shape index (κ2) is 6.10. The van der Waals surface area contributed by atoms with Crippen LogP contribution < -0.4 is 10.3 Å². The standard InChI is InChI=1S/C18H14N4O2S/c1-10-15(11(2)21-22-17(10)23)12-3-5-13(6-4-12)24-18-16-14(7-8-25-16)19-9-20-18/h3-9H,1-2H3,(H,22,23). The van der Waals surface area contributed by atoms with E-state index in [1.165, 1.54) is 6.33 Å². The first kappa shape index (κ1) is 15.5. The van der Waals surface area contributed by atoms with Gasteiger partial charge in [0.2, 0.25) is 5.88 Å². The molecule has 3 heterocycles. The van der Waals surface area contributed by atoms with Crippen LogP contribution in [0.5, 0.6) is 11.6 Å². The van der Waals surface area contributed by atoms with Gasteiger partial charge in [0.05, 0.1) is 11.2 Å².